The monoisotopic (exact) mass is 372 g/mol. The van der Waals surface area contributed by atoms with Crippen LogP contribution in [0.2, 0.25) is 0 Å². The van der Waals surface area contributed by atoms with E-state index in [-0.39, 0.29) is 16.6 Å². The fourth-order valence-electron chi connectivity index (χ4n) is 3.26. The molecule has 2 aromatic carbocycles. The van der Waals surface area contributed by atoms with Gasteiger partial charge in [-0.15, -0.1) is 0 Å². The first-order valence-electron chi connectivity index (χ1n) is 8.83. The van der Waals surface area contributed by atoms with Crippen LogP contribution in [0.4, 0.5) is 0 Å². The van der Waals surface area contributed by atoms with E-state index in [2.05, 4.69) is 5.32 Å². The molecule has 2 aromatic rings. The van der Waals surface area contributed by atoms with Crippen LogP contribution in [0.1, 0.15) is 28.8 Å². The van der Waals surface area contributed by atoms with Gasteiger partial charge in [0.15, 0.2) is 9.84 Å². The number of nitrogens with one attached hydrogen (secondary N) is 1. The zero-order valence-electron chi connectivity index (χ0n) is 14.9. The fourth-order valence-corrected chi connectivity index (χ4v) is 4.61. The van der Waals surface area contributed by atoms with Gasteiger partial charge in [0.1, 0.15) is 0 Å². The molecule has 1 heterocycles. The second-order valence-electron chi connectivity index (χ2n) is 6.65. The summed E-state index contributed by atoms with van der Waals surface area (Å²) in [6, 6.07) is 15.7. The third kappa shape index (κ3) is 4.31. The van der Waals surface area contributed by atoms with Crippen molar-refractivity contribution in [3.63, 3.8) is 0 Å². The van der Waals surface area contributed by atoms with Crippen LogP contribution in [0.5, 0.6) is 0 Å². The predicted molar refractivity (Wildman–Crippen MR) is 102 cm³/mol. The lowest BCUT2D eigenvalue weighted by molar-refractivity contribution is 0.0698. The summed E-state index contributed by atoms with van der Waals surface area (Å²) < 4.78 is 25.1. The molecule has 1 aliphatic heterocycles. The first-order chi connectivity index (χ1) is 12.5. The summed E-state index contributed by atoms with van der Waals surface area (Å²) in [4.78, 5) is 14.7. The molecule has 1 N–H and O–H groups in total. The lowest BCUT2D eigenvalue weighted by Crippen LogP contribution is -2.46. The standard InChI is InChI=1S/C20H24N2O3S/c1-21-18-8-5-13-22(14-18)20(23)17-9-11-19(12-10-17)26(24,25)15-16-6-3-2-4-7-16/h2-4,6-7,9-12,18,21H,5,8,13-15H2,1H3. The molecule has 1 unspecified atom stereocenters. The first kappa shape index (κ1) is 18.6. The molecular formula is C20H24N2O3S. The average Bonchev–Trinajstić information content (AvgIpc) is 2.68. The normalized spacial score (nSPS) is 17.9. The molecule has 0 spiro atoms. The zero-order valence-corrected chi connectivity index (χ0v) is 15.7. The van der Waals surface area contributed by atoms with E-state index in [1.165, 1.54) is 12.1 Å². The number of carbonyl (C=O) groups excluding carboxylic acids is 1. The molecule has 0 radical (unpaired) electrons. The smallest absolute Gasteiger partial charge is 0.253 e. The van der Waals surface area contributed by atoms with Crippen LogP contribution < -0.4 is 5.32 Å². The third-order valence-corrected chi connectivity index (χ3v) is 6.48. The van der Waals surface area contributed by atoms with Crippen molar-refractivity contribution in [3.8, 4) is 0 Å². The minimum absolute atomic E-state index is 0.0445. The Balaban J connectivity index is 1.72. The van der Waals surface area contributed by atoms with Crippen LogP contribution >= 0.6 is 0 Å². The van der Waals surface area contributed by atoms with Gasteiger partial charge in [-0.25, -0.2) is 8.42 Å². The van der Waals surface area contributed by atoms with Crippen LogP contribution in [0.15, 0.2) is 59.5 Å². The van der Waals surface area contributed by atoms with Crippen molar-refractivity contribution in [2.24, 2.45) is 0 Å². The van der Waals surface area contributed by atoms with E-state index in [1.807, 2.05) is 30.1 Å². The summed E-state index contributed by atoms with van der Waals surface area (Å²) in [5.41, 5.74) is 1.28. The second-order valence-corrected chi connectivity index (χ2v) is 8.64. The van der Waals surface area contributed by atoms with Crippen LogP contribution in [-0.2, 0) is 15.6 Å². The molecule has 138 valence electrons. The topological polar surface area (TPSA) is 66.5 Å². The van der Waals surface area contributed by atoms with Crippen molar-refractivity contribution < 1.29 is 13.2 Å². The van der Waals surface area contributed by atoms with E-state index in [4.69, 9.17) is 0 Å². The number of likely N-dealkylation sites (tertiary alicyclic amines) is 1. The van der Waals surface area contributed by atoms with E-state index in [9.17, 15) is 13.2 Å². The maximum atomic E-state index is 12.7. The zero-order chi connectivity index (χ0) is 18.6. The minimum Gasteiger partial charge on any atom is -0.337 e. The molecule has 1 fully saturated rings. The molecule has 0 saturated carbocycles. The van der Waals surface area contributed by atoms with Crippen molar-refractivity contribution in [1.82, 2.24) is 10.2 Å². The predicted octanol–water partition coefficient (Wildman–Crippen LogP) is 2.48. The maximum Gasteiger partial charge on any atom is 0.253 e. The first-order valence-corrected chi connectivity index (χ1v) is 10.5. The van der Waals surface area contributed by atoms with Crippen molar-refractivity contribution in [1.29, 1.82) is 0 Å². The number of carbonyl (C=O) groups is 1. The Morgan fingerprint density at radius 2 is 1.81 bits per heavy atom. The molecule has 6 heteroatoms. The summed E-state index contributed by atoms with van der Waals surface area (Å²) in [6.07, 6.45) is 2.04. The average molecular weight is 372 g/mol. The summed E-state index contributed by atoms with van der Waals surface area (Å²) in [6.45, 7) is 1.43. The van der Waals surface area contributed by atoms with Crippen LogP contribution in [0, 0.1) is 0 Å². The molecule has 1 amide bonds. The number of likely N-dealkylation sites (N-methyl/N-ethyl adjacent to an activating group) is 1. The highest BCUT2D eigenvalue weighted by molar-refractivity contribution is 7.90. The number of nitrogens with zero attached hydrogens (tertiary/aromatic N) is 1. The summed E-state index contributed by atoms with van der Waals surface area (Å²) in [7, 11) is -1.52. The Labute approximate surface area is 154 Å². The summed E-state index contributed by atoms with van der Waals surface area (Å²) in [5, 5.41) is 3.22. The molecule has 1 aliphatic rings. The lowest BCUT2D eigenvalue weighted by atomic mass is 10.0. The van der Waals surface area contributed by atoms with Gasteiger partial charge in [0, 0.05) is 24.7 Å². The van der Waals surface area contributed by atoms with E-state index in [1.54, 1.807) is 24.3 Å². The molecule has 0 bridgehead atoms. The SMILES string of the molecule is CNC1CCCN(C(=O)c2ccc(S(=O)(=O)Cc3ccccc3)cc2)C1. The number of sulfone groups is 1. The van der Waals surface area contributed by atoms with Crippen molar-refractivity contribution in [2.45, 2.75) is 29.5 Å². The van der Waals surface area contributed by atoms with Gasteiger partial charge >= 0.3 is 0 Å². The largest absolute Gasteiger partial charge is 0.337 e. The highest BCUT2D eigenvalue weighted by Gasteiger charge is 2.24. The quantitative estimate of drug-likeness (QED) is 0.876. The minimum atomic E-state index is -3.43. The van der Waals surface area contributed by atoms with E-state index >= 15 is 0 Å². The van der Waals surface area contributed by atoms with E-state index in [0.717, 1.165) is 24.9 Å². The Morgan fingerprint density at radius 1 is 1.12 bits per heavy atom. The Hall–Kier alpha value is -2.18. The van der Waals surface area contributed by atoms with Crippen molar-refractivity contribution in [3.05, 3.63) is 65.7 Å². The van der Waals surface area contributed by atoms with Gasteiger partial charge in [0.2, 0.25) is 0 Å². The van der Waals surface area contributed by atoms with Gasteiger partial charge in [0.05, 0.1) is 10.6 Å². The number of piperidine rings is 1. The molecule has 1 saturated heterocycles. The number of benzene rings is 2. The Bertz CT molecular complexity index is 848. The van der Waals surface area contributed by atoms with Gasteiger partial charge in [-0.3, -0.25) is 4.79 Å². The third-order valence-electron chi connectivity index (χ3n) is 4.78. The van der Waals surface area contributed by atoms with Gasteiger partial charge in [-0.2, -0.15) is 0 Å². The van der Waals surface area contributed by atoms with E-state index < -0.39 is 9.84 Å². The van der Waals surface area contributed by atoms with Crippen LogP contribution in [-0.4, -0.2) is 45.4 Å². The Morgan fingerprint density at radius 3 is 2.46 bits per heavy atom. The molecular weight excluding hydrogens is 348 g/mol. The number of amides is 1. The highest BCUT2D eigenvalue weighted by Crippen LogP contribution is 2.19. The Kier molecular flexibility index (Phi) is 5.74. The van der Waals surface area contributed by atoms with Gasteiger partial charge in [-0.05, 0) is 49.7 Å². The lowest BCUT2D eigenvalue weighted by Gasteiger charge is -2.32. The van der Waals surface area contributed by atoms with Gasteiger partial charge < -0.3 is 10.2 Å². The van der Waals surface area contributed by atoms with Gasteiger partial charge in [0.25, 0.3) is 5.91 Å². The number of hydrogen-bond donors (Lipinski definition) is 1. The van der Waals surface area contributed by atoms with Crippen molar-refractivity contribution >= 4 is 15.7 Å². The van der Waals surface area contributed by atoms with E-state index in [0.29, 0.717) is 18.2 Å². The fraction of sp³-hybridized carbons (Fsp3) is 0.350. The number of rotatable bonds is 5. The highest BCUT2D eigenvalue weighted by atomic mass is 32.2. The number of hydrogen-bond acceptors (Lipinski definition) is 4. The van der Waals surface area contributed by atoms with Crippen LogP contribution in [0.25, 0.3) is 0 Å². The molecule has 26 heavy (non-hydrogen) atoms. The summed E-state index contributed by atoms with van der Waals surface area (Å²) in [5.74, 6) is -0.0890. The van der Waals surface area contributed by atoms with Crippen LogP contribution in [0.3, 0.4) is 0 Å². The summed E-state index contributed by atoms with van der Waals surface area (Å²) >= 11 is 0. The molecule has 0 aliphatic carbocycles. The van der Waals surface area contributed by atoms with Gasteiger partial charge in [-0.1, -0.05) is 30.3 Å². The maximum absolute atomic E-state index is 12.7. The molecule has 1 atom stereocenters. The van der Waals surface area contributed by atoms with Crippen molar-refractivity contribution in [2.75, 3.05) is 20.1 Å². The molecule has 5 nitrogen and oxygen atoms in total. The molecule has 3 rings (SSSR count). The molecule has 0 aromatic heterocycles. The second kappa shape index (κ2) is 8.01.